The van der Waals surface area contributed by atoms with Gasteiger partial charge in [0.2, 0.25) is 0 Å². The average molecular weight is 336 g/mol. The van der Waals surface area contributed by atoms with Gasteiger partial charge in [-0.3, -0.25) is 0 Å². The number of rotatable bonds is 4. The lowest BCUT2D eigenvalue weighted by Crippen LogP contribution is -2.06. The Morgan fingerprint density at radius 2 is 2.10 bits per heavy atom. The van der Waals surface area contributed by atoms with E-state index in [1.54, 1.807) is 24.3 Å². The molecule has 104 valence electrons. The van der Waals surface area contributed by atoms with Gasteiger partial charge in [0, 0.05) is 12.1 Å². The van der Waals surface area contributed by atoms with Gasteiger partial charge in [-0.1, -0.05) is 18.2 Å². The largest absolute Gasteiger partial charge is 0.465 e. The molecule has 5 heteroatoms. The van der Waals surface area contributed by atoms with Crippen LogP contribution in [-0.4, -0.2) is 23.2 Å². The van der Waals surface area contributed by atoms with Crippen LogP contribution >= 0.6 is 15.9 Å². The number of nitrogens with zero attached hydrogens (tertiary/aromatic N) is 1. The Hall–Kier alpha value is -1.72. The number of aliphatic hydroxyl groups excluding tert-OH is 1. The Bertz CT molecular complexity index is 616. The maximum Gasteiger partial charge on any atom is 0.337 e. The predicted molar refractivity (Wildman–Crippen MR) is 78.4 cm³/mol. The summed E-state index contributed by atoms with van der Waals surface area (Å²) in [7, 11) is 1.33. The van der Waals surface area contributed by atoms with Crippen molar-refractivity contribution in [3.05, 3.63) is 63.9 Å². The monoisotopic (exact) mass is 335 g/mol. The zero-order chi connectivity index (χ0) is 14.5. The van der Waals surface area contributed by atoms with Gasteiger partial charge < -0.3 is 9.84 Å². The molecule has 20 heavy (non-hydrogen) atoms. The van der Waals surface area contributed by atoms with Crippen LogP contribution in [-0.2, 0) is 11.2 Å². The summed E-state index contributed by atoms with van der Waals surface area (Å²) >= 11 is 3.29. The SMILES string of the molecule is COC(=O)c1cccc([C@@H](O)Cc2cccc(Br)n2)c1. The number of aromatic nitrogens is 1. The second-order valence-electron chi connectivity index (χ2n) is 4.29. The number of hydrogen-bond donors (Lipinski definition) is 1. The number of carbonyl (C=O) groups excluding carboxylic acids is 1. The van der Waals surface area contributed by atoms with E-state index in [0.717, 1.165) is 10.3 Å². The molecule has 0 aliphatic carbocycles. The summed E-state index contributed by atoms with van der Waals surface area (Å²) in [5.74, 6) is -0.417. The fourth-order valence-corrected chi connectivity index (χ4v) is 2.25. The highest BCUT2D eigenvalue weighted by molar-refractivity contribution is 9.10. The third kappa shape index (κ3) is 3.65. The number of aliphatic hydroxyl groups is 1. The van der Waals surface area contributed by atoms with E-state index < -0.39 is 12.1 Å². The summed E-state index contributed by atoms with van der Waals surface area (Å²) < 4.78 is 5.39. The molecule has 0 spiro atoms. The van der Waals surface area contributed by atoms with Gasteiger partial charge in [0.1, 0.15) is 4.60 Å². The first-order valence-electron chi connectivity index (χ1n) is 6.08. The number of halogens is 1. The zero-order valence-corrected chi connectivity index (χ0v) is 12.5. The lowest BCUT2D eigenvalue weighted by molar-refractivity contribution is 0.0600. The summed E-state index contributed by atoms with van der Waals surface area (Å²) in [6.45, 7) is 0. The molecule has 1 N–H and O–H groups in total. The Labute approximate surface area is 125 Å². The molecule has 0 bridgehead atoms. The van der Waals surface area contributed by atoms with Crippen LogP contribution in [0.25, 0.3) is 0 Å². The second kappa shape index (κ2) is 6.63. The van der Waals surface area contributed by atoms with Crippen LogP contribution in [0.15, 0.2) is 47.1 Å². The molecule has 2 rings (SSSR count). The van der Waals surface area contributed by atoms with E-state index >= 15 is 0 Å². The summed E-state index contributed by atoms with van der Waals surface area (Å²) in [5.41, 5.74) is 1.86. The third-order valence-corrected chi connectivity index (χ3v) is 3.31. The van der Waals surface area contributed by atoms with Crippen LogP contribution in [0.1, 0.15) is 27.7 Å². The topological polar surface area (TPSA) is 59.4 Å². The number of pyridine rings is 1. The van der Waals surface area contributed by atoms with Gasteiger partial charge in [-0.25, -0.2) is 9.78 Å². The fraction of sp³-hybridized carbons (Fsp3) is 0.200. The molecule has 0 unspecified atom stereocenters. The molecule has 0 fully saturated rings. The standard InChI is InChI=1S/C15H14BrNO3/c1-20-15(19)11-5-2-4-10(8-11)13(18)9-12-6-3-7-14(16)17-12/h2-8,13,18H,9H2,1H3/t13-/m0/s1. The van der Waals surface area contributed by atoms with E-state index in [1.165, 1.54) is 7.11 Å². The second-order valence-corrected chi connectivity index (χ2v) is 5.10. The quantitative estimate of drug-likeness (QED) is 0.689. The molecular formula is C15H14BrNO3. The van der Waals surface area contributed by atoms with Crippen molar-refractivity contribution < 1.29 is 14.6 Å². The van der Waals surface area contributed by atoms with E-state index in [4.69, 9.17) is 0 Å². The lowest BCUT2D eigenvalue weighted by Gasteiger charge is -2.11. The molecular weight excluding hydrogens is 322 g/mol. The number of hydrogen-bond acceptors (Lipinski definition) is 4. The normalized spacial score (nSPS) is 11.9. The van der Waals surface area contributed by atoms with E-state index in [-0.39, 0.29) is 0 Å². The van der Waals surface area contributed by atoms with Crippen molar-refractivity contribution in [2.75, 3.05) is 7.11 Å². The number of benzene rings is 1. The van der Waals surface area contributed by atoms with Crippen LogP contribution in [0.5, 0.6) is 0 Å². The minimum atomic E-state index is -0.721. The van der Waals surface area contributed by atoms with Crippen LogP contribution in [0, 0.1) is 0 Å². The van der Waals surface area contributed by atoms with Gasteiger partial charge in [0.05, 0.1) is 18.8 Å². The van der Waals surface area contributed by atoms with E-state index in [1.807, 2.05) is 18.2 Å². The highest BCUT2D eigenvalue weighted by atomic mass is 79.9. The maximum atomic E-state index is 11.5. The minimum absolute atomic E-state index is 0.379. The Balaban J connectivity index is 2.17. The molecule has 2 aromatic rings. The van der Waals surface area contributed by atoms with Crippen molar-refractivity contribution >= 4 is 21.9 Å². The van der Waals surface area contributed by atoms with Crippen molar-refractivity contribution in [1.82, 2.24) is 4.98 Å². The zero-order valence-electron chi connectivity index (χ0n) is 10.9. The molecule has 0 amide bonds. The molecule has 1 aromatic carbocycles. The van der Waals surface area contributed by atoms with Crippen LogP contribution < -0.4 is 0 Å². The molecule has 0 radical (unpaired) electrons. The lowest BCUT2D eigenvalue weighted by atomic mass is 10.0. The van der Waals surface area contributed by atoms with Crippen molar-refractivity contribution in [2.45, 2.75) is 12.5 Å². The minimum Gasteiger partial charge on any atom is -0.465 e. The molecule has 1 aromatic heterocycles. The van der Waals surface area contributed by atoms with Gasteiger partial charge >= 0.3 is 5.97 Å². The third-order valence-electron chi connectivity index (χ3n) is 2.87. The first-order valence-corrected chi connectivity index (χ1v) is 6.87. The van der Waals surface area contributed by atoms with E-state index in [9.17, 15) is 9.90 Å². The first-order chi connectivity index (χ1) is 9.60. The average Bonchev–Trinajstić information content (AvgIpc) is 2.46. The molecule has 1 atom stereocenters. The van der Waals surface area contributed by atoms with Gasteiger partial charge in [-0.15, -0.1) is 0 Å². The van der Waals surface area contributed by atoms with Crippen molar-refractivity contribution in [3.63, 3.8) is 0 Å². The first kappa shape index (κ1) is 14.7. The summed E-state index contributed by atoms with van der Waals surface area (Å²) in [4.78, 5) is 15.7. The molecule has 0 saturated carbocycles. The smallest absolute Gasteiger partial charge is 0.337 e. The van der Waals surface area contributed by atoms with Gasteiger partial charge in [-0.05, 0) is 45.8 Å². The Morgan fingerprint density at radius 1 is 1.35 bits per heavy atom. The summed E-state index contributed by atoms with van der Waals surface area (Å²) in [6, 6.07) is 12.3. The van der Waals surface area contributed by atoms with Gasteiger partial charge in [-0.2, -0.15) is 0 Å². The van der Waals surface area contributed by atoms with Crippen LogP contribution in [0.2, 0.25) is 0 Å². The van der Waals surface area contributed by atoms with Gasteiger partial charge in [0.25, 0.3) is 0 Å². The van der Waals surface area contributed by atoms with E-state index in [0.29, 0.717) is 17.5 Å². The van der Waals surface area contributed by atoms with Gasteiger partial charge in [0.15, 0.2) is 0 Å². The summed E-state index contributed by atoms with van der Waals surface area (Å²) in [5, 5.41) is 10.2. The van der Waals surface area contributed by atoms with E-state index in [2.05, 4.69) is 25.7 Å². The van der Waals surface area contributed by atoms with Crippen molar-refractivity contribution in [3.8, 4) is 0 Å². The van der Waals surface area contributed by atoms with Crippen LogP contribution in [0.4, 0.5) is 0 Å². The maximum absolute atomic E-state index is 11.5. The van der Waals surface area contributed by atoms with Crippen LogP contribution in [0.3, 0.4) is 0 Å². The number of ether oxygens (including phenoxy) is 1. The molecule has 0 aliphatic heterocycles. The number of esters is 1. The number of methoxy groups -OCH3 is 1. The number of carbonyl (C=O) groups is 1. The Kier molecular flexibility index (Phi) is 4.87. The molecule has 4 nitrogen and oxygen atoms in total. The predicted octanol–water partition coefficient (Wildman–Crippen LogP) is 2.91. The molecule has 1 heterocycles. The fourth-order valence-electron chi connectivity index (χ4n) is 1.87. The van der Waals surface area contributed by atoms with Crippen molar-refractivity contribution in [1.29, 1.82) is 0 Å². The Morgan fingerprint density at radius 3 is 2.80 bits per heavy atom. The highest BCUT2D eigenvalue weighted by Gasteiger charge is 2.13. The highest BCUT2D eigenvalue weighted by Crippen LogP contribution is 2.19. The molecule has 0 saturated heterocycles. The summed E-state index contributed by atoms with van der Waals surface area (Å²) in [6.07, 6.45) is -0.342. The molecule has 0 aliphatic rings. The van der Waals surface area contributed by atoms with Crippen molar-refractivity contribution in [2.24, 2.45) is 0 Å².